The maximum absolute atomic E-state index is 13.9. The van der Waals surface area contributed by atoms with E-state index in [-0.39, 0.29) is 22.9 Å². The Morgan fingerprint density at radius 2 is 1.41 bits per heavy atom. The third-order valence-electron chi connectivity index (χ3n) is 7.32. The molecule has 1 aliphatic heterocycles. The van der Waals surface area contributed by atoms with Gasteiger partial charge in [0.15, 0.2) is 11.6 Å². The second kappa shape index (κ2) is 7.39. The zero-order valence-electron chi connectivity index (χ0n) is 19.8. The van der Waals surface area contributed by atoms with Gasteiger partial charge in [-0.1, -0.05) is 86.1 Å². The first-order chi connectivity index (χ1) is 16.4. The van der Waals surface area contributed by atoms with Gasteiger partial charge in [0.05, 0.1) is 5.70 Å². The Morgan fingerprint density at radius 1 is 0.765 bits per heavy atom. The lowest BCUT2D eigenvalue weighted by Crippen LogP contribution is -2.39. The van der Waals surface area contributed by atoms with Crippen LogP contribution in [0, 0.1) is 12.3 Å². The molecule has 0 saturated heterocycles. The van der Waals surface area contributed by atoms with E-state index in [2.05, 4.69) is 49.9 Å². The number of hydrogen-bond acceptors (Lipinski definition) is 3. The van der Waals surface area contributed by atoms with Crippen molar-refractivity contribution in [3.05, 3.63) is 118 Å². The molecule has 3 aliphatic rings. The molecule has 0 aromatic heterocycles. The zero-order valence-corrected chi connectivity index (χ0v) is 19.8. The number of nitrogens with zero attached hydrogens (tertiary/aromatic N) is 1. The maximum atomic E-state index is 13.9. The molecule has 6 rings (SSSR count). The first-order valence-corrected chi connectivity index (χ1v) is 11.9. The minimum Gasteiger partial charge on any atom is -0.313 e. The fourth-order valence-electron chi connectivity index (χ4n) is 5.86. The molecule has 3 aromatic carbocycles. The van der Waals surface area contributed by atoms with Crippen LogP contribution in [0.3, 0.4) is 0 Å². The first kappa shape index (κ1) is 20.9. The highest BCUT2D eigenvalue weighted by Gasteiger charge is 2.49. The molecule has 0 radical (unpaired) electrons. The van der Waals surface area contributed by atoms with Crippen molar-refractivity contribution in [3.63, 3.8) is 0 Å². The molecular weight excluding hydrogens is 418 g/mol. The second-order valence-electron chi connectivity index (χ2n) is 10.5. The number of aryl methyl sites for hydroxylation is 1. The number of carbonyl (C=O) groups excluding carboxylic acids is 2. The number of carbonyl (C=O) groups is 2. The molecule has 0 amide bonds. The summed E-state index contributed by atoms with van der Waals surface area (Å²) in [6.45, 7) is 6.40. The molecule has 0 fully saturated rings. The lowest BCUT2D eigenvalue weighted by atomic mass is 9.68. The van der Waals surface area contributed by atoms with Crippen molar-refractivity contribution in [2.75, 3.05) is 4.90 Å². The minimum atomic E-state index is -0.351. The van der Waals surface area contributed by atoms with Crippen LogP contribution in [0.25, 0.3) is 5.70 Å². The Labute approximate surface area is 200 Å². The zero-order chi connectivity index (χ0) is 23.6. The van der Waals surface area contributed by atoms with Gasteiger partial charge in [-0.05, 0) is 36.5 Å². The Morgan fingerprint density at radius 3 is 2.12 bits per heavy atom. The normalized spacial score (nSPS) is 20.9. The molecule has 3 aromatic rings. The van der Waals surface area contributed by atoms with Crippen molar-refractivity contribution in [1.82, 2.24) is 0 Å². The lowest BCUT2D eigenvalue weighted by Gasteiger charge is -2.44. The molecule has 0 saturated carbocycles. The first-order valence-electron chi connectivity index (χ1n) is 11.9. The fourth-order valence-corrected chi connectivity index (χ4v) is 5.86. The van der Waals surface area contributed by atoms with E-state index in [1.165, 1.54) is 5.56 Å². The van der Waals surface area contributed by atoms with Gasteiger partial charge in [-0.15, -0.1) is 0 Å². The number of ketones is 2. The summed E-state index contributed by atoms with van der Waals surface area (Å²) < 4.78 is 0. The average Bonchev–Trinajstić information content (AvgIpc) is 3.11. The molecule has 1 heterocycles. The van der Waals surface area contributed by atoms with E-state index in [9.17, 15) is 9.59 Å². The SMILES string of the molecule is Cc1ccc(N2C3=C(C(=O)CC(C)(C)C3)C(c3ccccc3)C3=C2c2ccccc2C3=O)cc1. The van der Waals surface area contributed by atoms with E-state index in [1.54, 1.807) is 0 Å². The number of Topliss-reactive ketones (excluding diaryl/α,β-unsaturated/α-hetero) is 2. The van der Waals surface area contributed by atoms with Crippen LogP contribution < -0.4 is 4.90 Å². The fraction of sp³-hybridized carbons (Fsp3) is 0.226. The summed E-state index contributed by atoms with van der Waals surface area (Å²) in [5, 5.41) is 0. The standard InChI is InChI=1S/C31H27NO2/c1-19-13-15-21(16-14-19)32-24-17-31(2,3)18-25(33)27(24)26(20-9-5-4-6-10-20)28-29(32)22-11-7-8-12-23(22)30(28)34/h4-16,26H,17-18H2,1-3H3. The van der Waals surface area contributed by atoms with Gasteiger partial charge in [0.2, 0.25) is 0 Å². The van der Waals surface area contributed by atoms with Crippen molar-refractivity contribution in [1.29, 1.82) is 0 Å². The van der Waals surface area contributed by atoms with Crippen LogP contribution in [0.5, 0.6) is 0 Å². The van der Waals surface area contributed by atoms with Crippen LogP contribution in [-0.4, -0.2) is 11.6 Å². The van der Waals surface area contributed by atoms with Gasteiger partial charge in [-0.2, -0.15) is 0 Å². The van der Waals surface area contributed by atoms with E-state index in [1.807, 2.05) is 54.6 Å². The molecular formula is C31H27NO2. The van der Waals surface area contributed by atoms with Gasteiger partial charge < -0.3 is 4.90 Å². The van der Waals surface area contributed by atoms with E-state index in [4.69, 9.17) is 0 Å². The van der Waals surface area contributed by atoms with Crippen molar-refractivity contribution < 1.29 is 9.59 Å². The highest BCUT2D eigenvalue weighted by molar-refractivity contribution is 6.25. The summed E-state index contributed by atoms with van der Waals surface area (Å²) in [7, 11) is 0. The van der Waals surface area contributed by atoms with Gasteiger partial charge in [0.1, 0.15) is 0 Å². The van der Waals surface area contributed by atoms with Crippen LogP contribution in [0.4, 0.5) is 5.69 Å². The summed E-state index contributed by atoms with van der Waals surface area (Å²) in [5.74, 6) is -0.176. The molecule has 3 heteroatoms. The Kier molecular flexibility index (Phi) is 4.54. The van der Waals surface area contributed by atoms with Crippen LogP contribution in [0.15, 0.2) is 95.7 Å². The summed E-state index contributed by atoms with van der Waals surface area (Å²) in [4.78, 5) is 30.0. The number of fused-ring (bicyclic) bond motifs is 2. The van der Waals surface area contributed by atoms with Gasteiger partial charge in [-0.3, -0.25) is 9.59 Å². The van der Waals surface area contributed by atoms with E-state index in [0.717, 1.165) is 51.3 Å². The van der Waals surface area contributed by atoms with Gasteiger partial charge in [0, 0.05) is 46.0 Å². The smallest absolute Gasteiger partial charge is 0.192 e. The van der Waals surface area contributed by atoms with Gasteiger partial charge in [0.25, 0.3) is 0 Å². The second-order valence-corrected chi connectivity index (χ2v) is 10.5. The van der Waals surface area contributed by atoms with E-state index >= 15 is 0 Å². The third kappa shape index (κ3) is 3.03. The third-order valence-corrected chi connectivity index (χ3v) is 7.32. The lowest BCUT2D eigenvalue weighted by molar-refractivity contribution is -0.118. The van der Waals surface area contributed by atoms with Crippen molar-refractivity contribution in [2.24, 2.45) is 5.41 Å². The topological polar surface area (TPSA) is 37.4 Å². The molecule has 0 N–H and O–H groups in total. The molecule has 34 heavy (non-hydrogen) atoms. The molecule has 0 bridgehead atoms. The summed E-state index contributed by atoms with van der Waals surface area (Å²) in [6, 6.07) is 26.3. The Balaban J connectivity index is 1.70. The summed E-state index contributed by atoms with van der Waals surface area (Å²) >= 11 is 0. The molecule has 0 spiro atoms. The molecule has 2 aliphatic carbocycles. The van der Waals surface area contributed by atoms with Crippen LogP contribution >= 0.6 is 0 Å². The Hall–Kier alpha value is -3.72. The van der Waals surface area contributed by atoms with Crippen LogP contribution in [0.1, 0.15) is 59.7 Å². The minimum absolute atomic E-state index is 0.0285. The molecule has 1 unspecified atom stereocenters. The largest absolute Gasteiger partial charge is 0.313 e. The quantitative estimate of drug-likeness (QED) is 0.433. The monoisotopic (exact) mass is 445 g/mol. The maximum Gasteiger partial charge on any atom is 0.192 e. The van der Waals surface area contributed by atoms with Crippen LogP contribution in [0.2, 0.25) is 0 Å². The van der Waals surface area contributed by atoms with E-state index < -0.39 is 0 Å². The highest BCUT2D eigenvalue weighted by Crippen LogP contribution is 2.56. The Bertz CT molecular complexity index is 1410. The van der Waals surface area contributed by atoms with Crippen LogP contribution in [-0.2, 0) is 4.79 Å². The summed E-state index contributed by atoms with van der Waals surface area (Å²) in [6.07, 6.45) is 1.26. The number of hydrogen-bond donors (Lipinski definition) is 0. The number of rotatable bonds is 2. The van der Waals surface area contributed by atoms with Crippen molar-refractivity contribution in [3.8, 4) is 0 Å². The average molecular weight is 446 g/mol. The number of allylic oxidation sites excluding steroid dienone is 3. The molecule has 1 atom stereocenters. The number of anilines is 1. The predicted molar refractivity (Wildman–Crippen MR) is 136 cm³/mol. The highest BCUT2D eigenvalue weighted by atomic mass is 16.1. The van der Waals surface area contributed by atoms with E-state index in [0.29, 0.717) is 6.42 Å². The predicted octanol–water partition coefficient (Wildman–Crippen LogP) is 6.85. The van der Waals surface area contributed by atoms with Gasteiger partial charge >= 0.3 is 0 Å². The van der Waals surface area contributed by atoms with Crippen molar-refractivity contribution in [2.45, 2.75) is 39.5 Å². The summed E-state index contributed by atoms with van der Waals surface area (Å²) in [5.41, 5.74) is 8.15. The van der Waals surface area contributed by atoms with Gasteiger partial charge in [-0.25, -0.2) is 0 Å². The molecule has 3 nitrogen and oxygen atoms in total. The van der Waals surface area contributed by atoms with Crippen molar-refractivity contribution >= 4 is 23.0 Å². The molecule has 168 valence electrons. The number of benzene rings is 3.